The molecule has 0 aliphatic rings. The molecule has 0 aliphatic carbocycles. The van der Waals surface area contributed by atoms with E-state index in [1.54, 1.807) is 0 Å². The van der Waals surface area contributed by atoms with Crippen LogP contribution >= 0.6 is 0 Å². The van der Waals surface area contributed by atoms with Crippen molar-refractivity contribution in [2.45, 2.75) is 26.3 Å². The molecular formula is C15H21N5. The molecule has 20 heavy (non-hydrogen) atoms. The van der Waals surface area contributed by atoms with Crippen LogP contribution in [0, 0.1) is 0 Å². The first-order chi connectivity index (χ1) is 9.66. The van der Waals surface area contributed by atoms with E-state index in [-0.39, 0.29) is 6.04 Å². The van der Waals surface area contributed by atoms with Gasteiger partial charge in [0.25, 0.3) is 0 Å². The molecule has 0 bridgehead atoms. The summed E-state index contributed by atoms with van der Waals surface area (Å²) in [4.78, 5) is 8.35. The van der Waals surface area contributed by atoms with Gasteiger partial charge in [0.2, 0.25) is 0 Å². The molecule has 2 aromatic rings. The highest BCUT2D eigenvalue weighted by atomic mass is 15.1. The lowest BCUT2D eigenvalue weighted by atomic mass is 10.1. The predicted molar refractivity (Wildman–Crippen MR) is 83.8 cm³/mol. The SMILES string of the molecule is CC(C)Nc1ncnc(NCCc2ccccc2)c1N. The highest BCUT2D eigenvalue weighted by Crippen LogP contribution is 2.22. The standard InChI is InChI=1S/C15H21N5/c1-11(2)20-15-13(16)14(18-10-19-15)17-9-8-12-6-4-3-5-7-12/h3-7,10-11H,8-9,16H2,1-2H3,(H2,17,18,19,20). The van der Waals surface area contributed by atoms with Crippen LogP contribution in [0.15, 0.2) is 36.7 Å². The van der Waals surface area contributed by atoms with Crippen molar-refractivity contribution >= 4 is 17.3 Å². The zero-order valence-electron chi connectivity index (χ0n) is 11.9. The third-order valence-corrected chi connectivity index (χ3v) is 2.86. The van der Waals surface area contributed by atoms with E-state index in [0.717, 1.165) is 13.0 Å². The van der Waals surface area contributed by atoms with Crippen LogP contribution in [0.4, 0.5) is 17.3 Å². The maximum atomic E-state index is 6.06. The summed E-state index contributed by atoms with van der Waals surface area (Å²) in [7, 11) is 0. The summed E-state index contributed by atoms with van der Waals surface area (Å²) in [6, 6.07) is 10.6. The van der Waals surface area contributed by atoms with E-state index in [0.29, 0.717) is 17.3 Å². The number of benzene rings is 1. The molecule has 5 heteroatoms. The third kappa shape index (κ3) is 3.85. The van der Waals surface area contributed by atoms with E-state index in [1.165, 1.54) is 11.9 Å². The van der Waals surface area contributed by atoms with E-state index in [9.17, 15) is 0 Å². The van der Waals surface area contributed by atoms with Crippen LogP contribution in [0.5, 0.6) is 0 Å². The summed E-state index contributed by atoms with van der Waals surface area (Å²) in [6.45, 7) is 4.88. The monoisotopic (exact) mass is 271 g/mol. The zero-order valence-corrected chi connectivity index (χ0v) is 11.9. The summed E-state index contributed by atoms with van der Waals surface area (Å²) >= 11 is 0. The van der Waals surface area contributed by atoms with Crippen LogP contribution in [0.2, 0.25) is 0 Å². The molecule has 0 saturated heterocycles. The van der Waals surface area contributed by atoms with Crippen molar-refractivity contribution in [1.29, 1.82) is 0 Å². The van der Waals surface area contributed by atoms with Gasteiger partial charge < -0.3 is 16.4 Å². The number of nitrogens with two attached hydrogens (primary N) is 1. The Labute approximate surface area is 119 Å². The molecule has 0 unspecified atom stereocenters. The molecule has 2 rings (SSSR count). The lowest BCUT2D eigenvalue weighted by Gasteiger charge is -2.14. The lowest BCUT2D eigenvalue weighted by Crippen LogP contribution is -2.15. The first-order valence-electron chi connectivity index (χ1n) is 6.81. The Morgan fingerprint density at radius 2 is 1.80 bits per heavy atom. The van der Waals surface area contributed by atoms with Gasteiger partial charge >= 0.3 is 0 Å². The average Bonchev–Trinajstić information content (AvgIpc) is 2.43. The van der Waals surface area contributed by atoms with Gasteiger partial charge in [-0.2, -0.15) is 0 Å². The summed E-state index contributed by atoms with van der Waals surface area (Å²) in [5, 5.41) is 6.46. The van der Waals surface area contributed by atoms with Crippen molar-refractivity contribution in [1.82, 2.24) is 9.97 Å². The summed E-state index contributed by atoms with van der Waals surface area (Å²) < 4.78 is 0. The summed E-state index contributed by atoms with van der Waals surface area (Å²) in [5.41, 5.74) is 7.91. The number of nitrogens with zero attached hydrogens (tertiary/aromatic N) is 2. The Balaban J connectivity index is 1.96. The Hall–Kier alpha value is -2.30. The second-order valence-electron chi connectivity index (χ2n) is 4.95. The fourth-order valence-electron chi connectivity index (χ4n) is 1.89. The molecular weight excluding hydrogens is 250 g/mol. The fourth-order valence-corrected chi connectivity index (χ4v) is 1.89. The number of hydrogen-bond acceptors (Lipinski definition) is 5. The summed E-state index contributed by atoms with van der Waals surface area (Å²) in [6.07, 6.45) is 2.45. The van der Waals surface area contributed by atoms with Gasteiger partial charge in [-0.15, -0.1) is 0 Å². The molecule has 0 saturated carbocycles. The molecule has 0 radical (unpaired) electrons. The second kappa shape index (κ2) is 6.75. The Morgan fingerprint density at radius 1 is 1.10 bits per heavy atom. The highest BCUT2D eigenvalue weighted by Gasteiger charge is 2.08. The quantitative estimate of drug-likeness (QED) is 0.752. The van der Waals surface area contributed by atoms with Crippen LogP contribution < -0.4 is 16.4 Å². The lowest BCUT2D eigenvalue weighted by molar-refractivity contribution is 0.886. The Kier molecular flexibility index (Phi) is 4.76. The van der Waals surface area contributed by atoms with Gasteiger partial charge in [-0.1, -0.05) is 30.3 Å². The van der Waals surface area contributed by atoms with Crippen LogP contribution in [0.3, 0.4) is 0 Å². The molecule has 0 fully saturated rings. The number of anilines is 3. The Bertz CT molecular complexity index is 539. The van der Waals surface area contributed by atoms with Crippen LogP contribution in [0.1, 0.15) is 19.4 Å². The van der Waals surface area contributed by atoms with Crippen LogP contribution in [-0.4, -0.2) is 22.6 Å². The zero-order chi connectivity index (χ0) is 14.4. The van der Waals surface area contributed by atoms with Crippen molar-refractivity contribution in [3.05, 3.63) is 42.2 Å². The summed E-state index contributed by atoms with van der Waals surface area (Å²) in [5.74, 6) is 1.36. The van der Waals surface area contributed by atoms with Gasteiger partial charge in [-0.25, -0.2) is 9.97 Å². The second-order valence-corrected chi connectivity index (χ2v) is 4.95. The molecule has 0 atom stereocenters. The fraction of sp³-hybridized carbons (Fsp3) is 0.333. The molecule has 106 valence electrons. The van der Waals surface area contributed by atoms with E-state index < -0.39 is 0 Å². The normalized spacial score (nSPS) is 10.6. The number of hydrogen-bond donors (Lipinski definition) is 3. The minimum absolute atomic E-state index is 0.282. The first-order valence-corrected chi connectivity index (χ1v) is 6.81. The van der Waals surface area contributed by atoms with Crippen molar-refractivity contribution in [2.75, 3.05) is 22.9 Å². The maximum Gasteiger partial charge on any atom is 0.155 e. The minimum atomic E-state index is 0.282. The minimum Gasteiger partial charge on any atom is -0.393 e. The number of nitrogens with one attached hydrogen (secondary N) is 2. The van der Waals surface area contributed by atoms with Crippen molar-refractivity contribution in [2.24, 2.45) is 0 Å². The van der Waals surface area contributed by atoms with Crippen molar-refractivity contribution < 1.29 is 0 Å². The molecule has 5 nitrogen and oxygen atoms in total. The first kappa shape index (κ1) is 14.1. The van der Waals surface area contributed by atoms with Gasteiger partial charge in [-0.3, -0.25) is 0 Å². The molecule has 0 amide bonds. The van der Waals surface area contributed by atoms with Crippen LogP contribution in [0.25, 0.3) is 0 Å². The van der Waals surface area contributed by atoms with E-state index in [4.69, 9.17) is 5.73 Å². The molecule has 1 heterocycles. The molecule has 0 aliphatic heterocycles. The van der Waals surface area contributed by atoms with Gasteiger partial charge in [0.05, 0.1) is 0 Å². The molecule has 0 spiro atoms. The predicted octanol–water partition coefficient (Wildman–Crippen LogP) is 2.53. The number of aromatic nitrogens is 2. The van der Waals surface area contributed by atoms with E-state index in [1.807, 2.05) is 32.0 Å². The largest absolute Gasteiger partial charge is 0.393 e. The maximum absolute atomic E-state index is 6.06. The average molecular weight is 271 g/mol. The van der Waals surface area contributed by atoms with E-state index >= 15 is 0 Å². The van der Waals surface area contributed by atoms with Gasteiger partial charge in [0.15, 0.2) is 11.6 Å². The third-order valence-electron chi connectivity index (χ3n) is 2.86. The number of nitrogen functional groups attached to an aromatic ring is 1. The highest BCUT2D eigenvalue weighted by molar-refractivity contribution is 5.74. The van der Waals surface area contributed by atoms with Gasteiger partial charge in [-0.05, 0) is 25.8 Å². The van der Waals surface area contributed by atoms with Gasteiger partial charge in [0.1, 0.15) is 12.0 Å². The molecule has 1 aromatic heterocycles. The van der Waals surface area contributed by atoms with Crippen molar-refractivity contribution in [3.63, 3.8) is 0 Å². The number of rotatable bonds is 6. The molecule has 1 aromatic carbocycles. The smallest absolute Gasteiger partial charge is 0.155 e. The van der Waals surface area contributed by atoms with Gasteiger partial charge in [0, 0.05) is 12.6 Å². The Morgan fingerprint density at radius 3 is 2.50 bits per heavy atom. The van der Waals surface area contributed by atoms with Crippen molar-refractivity contribution in [3.8, 4) is 0 Å². The topological polar surface area (TPSA) is 75.9 Å². The van der Waals surface area contributed by atoms with E-state index in [2.05, 4.69) is 32.7 Å². The molecule has 4 N–H and O–H groups in total. The van der Waals surface area contributed by atoms with Crippen LogP contribution in [-0.2, 0) is 6.42 Å².